The molecule has 1 aromatic rings. The Balaban J connectivity index is 2.57. The topological polar surface area (TPSA) is 101 Å². The summed E-state index contributed by atoms with van der Waals surface area (Å²) in [6, 6.07) is 4.33. The fraction of sp³-hybridized carbons (Fsp3) is 0.333. The van der Waals surface area contributed by atoms with Gasteiger partial charge in [0.2, 0.25) is 0 Å². The van der Waals surface area contributed by atoms with Gasteiger partial charge in [-0.1, -0.05) is 6.92 Å². The quantitative estimate of drug-likeness (QED) is 0.628. The predicted molar refractivity (Wildman–Crippen MR) is 70.0 cm³/mol. The Labute approximate surface area is 110 Å². The lowest BCUT2D eigenvalue weighted by Crippen LogP contribution is -2.40. The Morgan fingerprint density at radius 1 is 1.32 bits per heavy atom. The molecule has 7 nitrogen and oxygen atoms in total. The standard InChI is InChI=1S/C12H15N3O4/c1-3-11(16)8(2)13-12(17)14-9-4-6-10(7-5-9)15(18)19/h4-8H,3H2,1-2H3,(H2,13,14,17). The van der Waals surface area contributed by atoms with E-state index >= 15 is 0 Å². The summed E-state index contributed by atoms with van der Waals surface area (Å²) < 4.78 is 0. The van der Waals surface area contributed by atoms with E-state index < -0.39 is 17.0 Å². The molecule has 0 saturated heterocycles. The predicted octanol–water partition coefficient (Wildman–Crippen LogP) is 2.08. The highest BCUT2D eigenvalue weighted by Gasteiger charge is 2.13. The van der Waals surface area contributed by atoms with Crippen molar-refractivity contribution in [3.05, 3.63) is 34.4 Å². The average molecular weight is 265 g/mol. The number of nitrogens with zero attached hydrogens (tertiary/aromatic N) is 1. The summed E-state index contributed by atoms with van der Waals surface area (Å²) in [5.74, 6) is -0.0705. The van der Waals surface area contributed by atoms with Crippen LogP contribution in [0, 0.1) is 10.1 Å². The summed E-state index contributed by atoms with van der Waals surface area (Å²) >= 11 is 0. The van der Waals surface area contributed by atoms with Crippen LogP contribution in [0.1, 0.15) is 20.3 Å². The van der Waals surface area contributed by atoms with Crippen LogP contribution in [0.25, 0.3) is 0 Å². The van der Waals surface area contributed by atoms with Crippen LogP contribution in [-0.4, -0.2) is 22.8 Å². The van der Waals surface area contributed by atoms with Crippen molar-refractivity contribution in [3.8, 4) is 0 Å². The summed E-state index contributed by atoms with van der Waals surface area (Å²) in [5.41, 5.74) is 0.361. The summed E-state index contributed by atoms with van der Waals surface area (Å²) in [5, 5.41) is 15.4. The van der Waals surface area contributed by atoms with E-state index in [-0.39, 0.29) is 11.5 Å². The van der Waals surface area contributed by atoms with Crippen LogP contribution in [0.3, 0.4) is 0 Å². The number of nitro groups is 1. The van der Waals surface area contributed by atoms with E-state index in [9.17, 15) is 19.7 Å². The first-order chi connectivity index (χ1) is 8.93. The van der Waals surface area contributed by atoms with E-state index in [0.29, 0.717) is 12.1 Å². The van der Waals surface area contributed by atoms with E-state index in [1.807, 2.05) is 0 Å². The number of hydrogen-bond donors (Lipinski definition) is 2. The second-order valence-corrected chi connectivity index (χ2v) is 3.94. The normalized spacial score (nSPS) is 11.5. The number of nitrogens with one attached hydrogen (secondary N) is 2. The molecule has 1 atom stereocenters. The highest BCUT2D eigenvalue weighted by Crippen LogP contribution is 2.15. The molecule has 0 aromatic heterocycles. The van der Waals surface area contributed by atoms with Gasteiger partial charge in [-0.15, -0.1) is 0 Å². The number of non-ortho nitro benzene ring substituents is 1. The lowest BCUT2D eigenvalue weighted by molar-refractivity contribution is -0.384. The van der Waals surface area contributed by atoms with Gasteiger partial charge in [-0.2, -0.15) is 0 Å². The van der Waals surface area contributed by atoms with Crippen molar-refractivity contribution in [1.29, 1.82) is 0 Å². The van der Waals surface area contributed by atoms with E-state index in [4.69, 9.17) is 0 Å². The van der Waals surface area contributed by atoms with Gasteiger partial charge < -0.3 is 10.6 Å². The molecule has 0 aliphatic rings. The molecule has 1 aromatic carbocycles. The lowest BCUT2D eigenvalue weighted by atomic mass is 10.2. The van der Waals surface area contributed by atoms with Crippen molar-refractivity contribution >= 4 is 23.2 Å². The fourth-order valence-electron chi connectivity index (χ4n) is 1.42. The minimum atomic E-state index is -0.567. The van der Waals surface area contributed by atoms with Crippen molar-refractivity contribution in [3.63, 3.8) is 0 Å². The Bertz CT molecular complexity index is 484. The number of ketones is 1. The third-order valence-electron chi connectivity index (χ3n) is 2.52. The van der Waals surface area contributed by atoms with Crippen LogP contribution in [0.2, 0.25) is 0 Å². The molecule has 19 heavy (non-hydrogen) atoms. The summed E-state index contributed by atoms with van der Waals surface area (Å²) in [7, 11) is 0. The zero-order valence-corrected chi connectivity index (χ0v) is 10.7. The third kappa shape index (κ3) is 4.38. The van der Waals surface area contributed by atoms with Gasteiger partial charge in [0.05, 0.1) is 11.0 Å². The second-order valence-electron chi connectivity index (χ2n) is 3.94. The molecule has 1 unspecified atom stereocenters. The van der Waals surface area contributed by atoms with Crippen molar-refractivity contribution < 1.29 is 14.5 Å². The Kier molecular flexibility index (Phi) is 4.99. The maximum atomic E-state index is 11.6. The number of rotatable bonds is 5. The van der Waals surface area contributed by atoms with Crippen LogP contribution in [0.4, 0.5) is 16.2 Å². The number of nitro benzene ring substituents is 1. The highest BCUT2D eigenvalue weighted by atomic mass is 16.6. The van der Waals surface area contributed by atoms with Crippen molar-refractivity contribution in [1.82, 2.24) is 5.32 Å². The molecule has 0 fully saturated rings. The van der Waals surface area contributed by atoms with Crippen LogP contribution in [0.5, 0.6) is 0 Å². The number of hydrogen-bond acceptors (Lipinski definition) is 4. The molecule has 2 amide bonds. The number of Topliss-reactive ketones (excluding diaryl/α,β-unsaturated/α-hetero) is 1. The van der Waals surface area contributed by atoms with Crippen LogP contribution in [0.15, 0.2) is 24.3 Å². The van der Waals surface area contributed by atoms with Gasteiger partial charge in [-0.3, -0.25) is 14.9 Å². The van der Waals surface area contributed by atoms with Gasteiger partial charge in [0, 0.05) is 24.2 Å². The van der Waals surface area contributed by atoms with Gasteiger partial charge in [0.1, 0.15) is 0 Å². The second kappa shape index (κ2) is 6.48. The first-order valence-electron chi connectivity index (χ1n) is 5.78. The maximum absolute atomic E-state index is 11.6. The Morgan fingerprint density at radius 3 is 2.37 bits per heavy atom. The zero-order valence-electron chi connectivity index (χ0n) is 10.7. The molecular formula is C12H15N3O4. The Morgan fingerprint density at radius 2 is 1.89 bits per heavy atom. The number of anilines is 1. The number of amides is 2. The maximum Gasteiger partial charge on any atom is 0.319 e. The van der Waals surface area contributed by atoms with Crippen molar-refractivity contribution in [2.45, 2.75) is 26.3 Å². The molecule has 0 saturated carbocycles. The molecule has 0 spiro atoms. The first kappa shape index (κ1) is 14.6. The monoisotopic (exact) mass is 265 g/mol. The first-order valence-corrected chi connectivity index (χ1v) is 5.78. The zero-order chi connectivity index (χ0) is 14.4. The van der Waals surface area contributed by atoms with Gasteiger partial charge in [0.15, 0.2) is 5.78 Å². The molecule has 1 rings (SSSR count). The van der Waals surface area contributed by atoms with E-state index in [1.54, 1.807) is 13.8 Å². The van der Waals surface area contributed by atoms with Crippen LogP contribution in [-0.2, 0) is 4.79 Å². The van der Waals surface area contributed by atoms with E-state index in [0.717, 1.165) is 0 Å². The number of urea groups is 1. The van der Waals surface area contributed by atoms with E-state index in [2.05, 4.69) is 10.6 Å². The molecule has 0 aliphatic carbocycles. The van der Waals surface area contributed by atoms with Gasteiger partial charge >= 0.3 is 6.03 Å². The molecule has 0 aliphatic heterocycles. The SMILES string of the molecule is CCC(=O)C(C)NC(=O)Nc1ccc([N+](=O)[O-])cc1. The summed E-state index contributed by atoms with van der Waals surface area (Å²) in [6.07, 6.45) is 0.346. The van der Waals surface area contributed by atoms with Crippen LogP contribution >= 0.6 is 0 Å². The molecule has 7 heteroatoms. The smallest absolute Gasteiger partial charge is 0.319 e. The molecule has 2 N–H and O–H groups in total. The third-order valence-corrected chi connectivity index (χ3v) is 2.52. The minimum absolute atomic E-state index is 0.0551. The molecule has 0 bridgehead atoms. The molecule has 0 heterocycles. The van der Waals surface area contributed by atoms with Gasteiger partial charge in [0.25, 0.3) is 5.69 Å². The molecular weight excluding hydrogens is 250 g/mol. The Hall–Kier alpha value is -2.44. The molecule has 0 radical (unpaired) electrons. The number of carbonyl (C=O) groups excluding carboxylic acids is 2. The summed E-state index contributed by atoms with van der Waals surface area (Å²) in [6.45, 7) is 3.32. The summed E-state index contributed by atoms with van der Waals surface area (Å²) in [4.78, 5) is 32.8. The average Bonchev–Trinajstić information content (AvgIpc) is 2.38. The highest BCUT2D eigenvalue weighted by molar-refractivity contribution is 5.94. The van der Waals surface area contributed by atoms with Crippen molar-refractivity contribution in [2.75, 3.05) is 5.32 Å². The van der Waals surface area contributed by atoms with Crippen LogP contribution < -0.4 is 10.6 Å². The number of benzene rings is 1. The molecule has 102 valence electrons. The van der Waals surface area contributed by atoms with Gasteiger partial charge in [-0.25, -0.2) is 4.79 Å². The van der Waals surface area contributed by atoms with Crippen molar-refractivity contribution in [2.24, 2.45) is 0 Å². The lowest BCUT2D eigenvalue weighted by Gasteiger charge is -2.12. The largest absolute Gasteiger partial charge is 0.328 e. The minimum Gasteiger partial charge on any atom is -0.328 e. The van der Waals surface area contributed by atoms with Gasteiger partial charge in [-0.05, 0) is 19.1 Å². The van der Waals surface area contributed by atoms with E-state index in [1.165, 1.54) is 24.3 Å². The fourth-order valence-corrected chi connectivity index (χ4v) is 1.42. The number of carbonyl (C=O) groups is 2.